The Labute approximate surface area is 173 Å². The smallest absolute Gasteiger partial charge is 0.407 e. The molecule has 0 fully saturated rings. The maximum atomic E-state index is 12.5. The molecule has 0 saturated heterocycles. The van der Waals surface area contributed by atoms with Crippen LogP contribution in [0.2, 0.25) is 0 Å². The van der Waals surface area contributed by atoms with Crippen LogP contribution in [0, 0.1) is 12.8 Å². The molecule has 1 aliphatic rings. The van der Waals surface area contributed by atoms with Crippen molar-refractivity contribution in [1.29, 1.82) is 0 Å². The third-order valence-electron chi connectivity index (χ3n) is 5.00. The van der Waals surface area contributed by atoms with Crippen LogP contribution >= 0.6 is 11.3 Å². The zero-order valence-corrected chi connectivity index (χ0v) is 17.8. The minimum Gasteiger partial charge on any atom is -0.444 e. The number of benzene rings is 1. The quantitative estimate of drug-likeness (QED) is 0.605. The molecule has 0 spiro atoms. The SMILES string of the molecule is Cc1nc2c([nH]1)CC(C(NC(=O)OC(C)(C)C)C(O)c1nc3ccccc3s1)C2. The lowest BCUT2D eigenvalue weighted by Crippen LogP contribution is -2.46. The molecule has 29 heavy (non-hydrogen) atoms. The predicted octanol–water partition coefficient (Wildman–Crippen LogP) is 3.67. The molecule has 1 aromatic carbocycles. The molecule has 1 amide bonds. The Morgan fingerprint density at radius 3 is 2.76 bits per heavy atom. The van der Waals surface area contributed by atoms with Crippen molar-refractivity contribution in [3.05, 3.63) is 46.5 Å². The number of hydrogen-bond acceptors (Lipinski definition) is 6. The van der Waals surface area contributed by atoms with Crippen molar-refractivity contribution in [2.45, 2.75) is 58.3 Å². The predicted molar refractivity (Wildman–Crippen MR) is 112 cm³/mol. The summed E-state index contributed by atoms with van der Waals surface area (Å²) < 4.78 is 6.45. The summed E-state index contributed by atoms with van der Waals surface area (Å²) in [5.41, 5.74) is 2.30. The second-order valence-electron chi connectivity index (χ2n) is 8.55. The maximum Gasteiger partial charge on any atom is 0.407 e. The monoisotopic (exact) mass is 414 g/mol. The second-order valence-corrected chi connectivity index (χ2v) is 9.61. The van der Waals surface area contributed by atoms with Gasteiger partial charge < -0.3 is 20.1 Å². The normalized spacial score (nSPS) is 16.6. The number of para-hydroxylation sites is 1. The highest BCUT2D eigenvalue weighted by atomic mass is 32.1. The summed E-state index contributed by atoms with van der Waals surface area (Å²) in [7, 11) is 0. The number of rotatable bonds is 4. The molecule has 1 aliphatic carbocycles. The van der Waals surface area contributed by atoms with E-state index in [1.165, 1.54) is 11.3 Å². The number of amides is 1. The molecule has 3 N–H and O–H groups in total. The van der Waals surface area contributed by atoms with Gasteiger partial charge in [-0.05, 0) is 58.6 Å². The Balaban J connectivity index is 1.60. The Hall–Kier alpha value is -2.45. The first kappa shape index (κ1) is 19.8. The van der Waals surface area contributed by atoms with Gasteiger partial charge in [0.25, 0.3) is 0 Å². The summed E-state index contributed by atoms with van der Waals surface area (Å²) in [6.07, 6.45) is -0.0851. The number of H-pyrrole nitrogens is 1. The van der Waals surface area contributed by atoms with Gasteiger partial charge in [-0.2, -0.15) is 0 Å². The number of carbonyl (C=O) groups excluding carboxylic acids is 1. The van der Waals surface area contributed by atoms with Gasteiger partial charge in [-0.1, -0.05) is 12.1 Å². The van der Waals surface area contributed by atoms with Crippen LogP contribution in [0.4, 0.5) is 4.79 Å². The molecule has 3 aromatic rings. The zero-order valence-electron chi connectivity index (χ0n) is 17.0. The van der Waals surface area contributed by atoms with Gasteiger partial charge in [0.1, 0.15) is 22.5 Å². The lowest BCUT2D eigenvalue weighted by molar-refractivity contribution is 0.0358. The highest BCUT2D eigenvalue weighted by Gasteiger charge is 2.38. The van der Waals surface area contributed by atoms with E-state index in [0.29, 0.717) is 17.8 Å². The summed E-state index contributed by atoms with van der Waals surface area (Å²) in [5.74, 6) is 0.885. The van der Waals surface area contributed by atoms with Gasteiger partial charge in [0, 0.05) is 5.69 Å². The van der Waals surface area contributed by atoms with Gasteiger partial charge in [-0.3, -0.25) is 0 Å². The minimum atomic E-state index is -0.935. The number of aliphatic hydroxyl groups is 1. The highest BCUT2D eigenvalue weighted by molar-refractivity contribution is 7.18. The van der Waals surface area contributed by atoms with Crippen LogP contribution in [0.3, 0.4) is 0 Å². The minimum absolute atomic E-state index is 0.00104. The summed E-state index contributed by atoms with van der Waals surface area (Å²) in [6.45, 7) is 7.38. The number of carbonyl (C=O) groups is 1. The number of aryl methyl sites for hydroxylation is 1. The lowest BCUT2D eigenvalue weighted by Gasteiger charge is -2.29. The Bertz CT molecular complexity index is 980. The summed E-state index contributed by atoms with van der Waals surface area (Å²) in [5, 5.41) is 14.7. The number of alkyl carbamates (subject to hydrolysis) is 1. The highest BCUT2D eigenvalue weighted by Crippen LogP contribution is 2.35. The number of nitrogens with one attached hydrogen (secondary N) is 2. The number of fused-ring (bicyclic) bond motifs is 2. The van der Waals surface area contributed by atoms with Crippen LogP contribution in [-0.4, -0.2) is 37.8 Å². The number of hydrogen-bond donors (Lipinski definition) is 3. The van der Waals surface area contributed by atoms with E-state index in [0.717, 1.165) is 27.4 Å². The largest absolute Gasteiger partial charge is 0.444 e. The molecule has 0 saturated carbocycles. The number of aromatic nitrogens is 3. The number of aliphatic hydroxyl groups excluding tert-OH is 1. The molecule has 154 valence electrons. The van der Waals surface area contributed by atoms with E-state index in [-0.39, 0.29) is 5.92 Å². The third kappa shape index (κ3) is 4.28. The zero-order chi connectivity index (χ0) is 20.8. The van der Waals surface area contributed by atoms with E-state index in [1.54, 1.807) is 0 Å². The van der Waals surface area contributed by atoms with Crippen LogP contribution < -0.4 is 5.32 Å². The number of ether oxygens (including phenoxy) is 1. The van der Waals surface area contributed by atoms with Gasteiger partial charge in [-0.25, -0.2) is 14.8 Å². The maximum absolute atomic E-state index is 12.5. The van der Waals surface area contributed by atoms with Crippen LogP contribution in [-0.2, 0) is 17.6 Å². The number of nitrogens with zero attached hydrogens (tertiary/aromatic N) is 2. The van der Waals surface area contributed by atoms with E-state index in [1.807, 2.05) is 52.0 Å². The van der Waals surface area contributed by atoms with Gasteiger partial charge in [-0.15, -0.1) is 11.3 Å². The molecule has 2 aromatic heterocycles. The Morgan fingerprint density at radius 1 is 1.31 bits per heavy atom. The number of imidazole rings is 1. The Kier molecular flexibility index (Phi) is 5.08. The van der Waals surface area contributed by atoms with Crippen LogP contribution in [0.5, 0.6) is 0 Å². The molecule has 4 rings (SSSR count). The van der Waals surface area contributed by atoms with Crippen LogP contribution in [0.1, 0.15) is 49.1 Å². The molecule has 3 unspecified atom stereocenters. The first-order chi connectivity index (χ1) is 13.7. The van der Waals surface area contributed by atoms with Crippen molar-refractivity contribution < 1.29 is 14.6 Å². The molecule has 2 heterocycles. The van der Waals surface area contributed by atoms with E-state index in [4.69, 9.17) is 4.74 Å². The molecule has 0 aliphatic heterocycles. The van der Waals surface area contributed by atoms with E-state index < -0.39 is 23.8 Å². The van der Waals surface area contributed by atoms with Gasteiger partial charge >= 0.3 is 6.09 Å². The topological polar surface area (TPSA) is 100 Å². The van der Waals surface area contributed by atoms with Crippen molar-refractivity contribution >= 4 is 27.6 Å². The Morgan fingerprint density at radius 2 is 2.07 bits per heavy atom. The fraction of sp³-hybridized carbons (Fsp3) is 0.476. The van der Waals surface area contributed by atoms with Gasteiger partial charge in [0.2, 0.25) is 0 Å². The van der Waals surface area contributed by atoms with Gasteiger partial charge in [0.15, 0.2) is 0 Å². The van der Waals surface area contributed by atoms with Crippen molar-refractivity contribution in [3.63, 3.8) is 0 Å². The molecule has 0 bridgehead atoms. The first-order valence-corrected chi connectivity index (χ1v) is 10.6. The van der Waals surface area contributed by atoms with Crippen molar-refractivity contribution in [2.24, 2.45) is 5.92 Å². The number of thiazole rings is 1. The molecular weight excluding hydrogens is 388 g/mol. The standard InChI is InChI=1S/C21H26N4O3S/c1-11-22-14-9-12(10-15(14)23-11)17(25-20(27)28-21(2,3)4)18(26)19-24-13-7-5-6-8-16(13)29-19/h5-8,12,17-18,26H,9-10H2,1-4H3,(H,22,23)(H,25,27). The van der Waals surface area contributed by atoms with Crippen LogP contribution in [0.25, 0.3) is 10.2 Å². The summed E-state index contributed by atoms with van der Waals surface area (Å²) in [4.78, 5) is 24.9. The first-order valence-electron chi connectivity index (χ1n) is 9.77. The molecule has 0 radical (unpaired) electrons. The molecular formula is C21H26N4O3S. The van der Waals surface area contributed by atoms with Gasteiger partial charge in [0.05, 0.1) is 22.0 Å². The van der Waals surface area contributed by atoms with E-state index in [9.17, 15) is 9.90 Å². The fourth-order valence-corrected chi connectivity index (χ4v) is 4.83. The summed E-state index contributed by atoms with van der Waals surface area (Å²) in [6, 6.07) is 7.24. The lowest BCUT2D eigenvalue weighted by atomic mass is 9.92. The van der Waals surface area contributed by atoms with Crippen LogP contribution in [0.15, 0.2) is 24.3 Å². The second kappa shape index (κ2) is 7.42. The fourth-order valence-electron chi connectivity index (χ4n) is 3.83. The molecule has 8 heteroatoms. The van der Waals surface area contributed by atoms with E-state index >= 15 is 0 Å². The van der Waals surface area contributed by atoms with Crippen molar-refractivity contribution in [1.82, 2.24) is 20.3 Å². The molecule has 7 nitrogen and oxygen atoms in total. The molecule has 3 atom stereocenters. The van der Waals surface area contributed by atoms with Crippen molar-refractivity contribution in [2.75, 3.05) is 0 Å². The average Bonchev–Trinajstić information content (AvgIpc) is 3.29. The van der Waals surface area contributed by atoms with Crippen molar-refractivity contribution in [3.8, 4) is 0 Å². The third-order valence-corrected chi connectivity index (χ3v) is 6.11. The summed E-state index contributed by atoms with van der Waals surface area (Å²) >= 11 is 1.44. The average molecular weight is 415 g/mol. The van der Waals surface area contributed by atoms with E-state index in [2.05, 4.69) is 20.3 Å². The number of aromatic amines is 1.